The SMILES string of the molecule is CCOc1ccc(-n2nc(C(=O)O)cc2-c2ccc(F)cc2)cc1. The molecule has 0 atom stereocenters. The van der Waals surface area contributed by atoms with Crippen LogP contribution in [0.25, 0.3) is 16.9 Å². The van der Waals surface area contributed by atoms with Crippen LogP contribution in [0.3, 0.4) is 0 Å². The van der Waals surface area contributed by atoms with Crippen molar-refractivity contribution < 1.29 is 19.0 Å². The Morgan fingerprint density at radius 1 is 1.17 bits per heavy atom. The number of aromatic carboxylic acids is 1. The molecule has 0 saturated carbocycles. The van der Waals surface area contributed by atoms with Crippen molar-refractivity contribution in [2.75, 3.05) is 6.61 Å². The van der Waals surface area contributed by atoms with Crippen molar-refractivity contribution in [3.05, 3.63) is 66.1 Å². The van der Waals surface area contributed by atoms with Gasteiger partial charge in [-0.1, -0.05) is 0 Å². The van der Waals surface area contributed by atoms with E-state index in [0.717, 1.165) is 5.75 Å². The van der Waals surface area contributed by atoms with Gasteiger partial charge < -0.3 is 9.84 Å². The van der Waals surface area contributed by atoms with E-state index in [0.29, 0.717) is 23.6 Å². The molecule has 0 bridgehead atoms. The Balaban J connectivity index is 2.08. The molecule has 0 spiro atoms. The summed E-state index contributed by atoms with van der Waals surface area (Å²) in [5, 5.41) is 13.4. The van der Waals surface area contributed by atoms with Crippen LogP contribution >= 0.6 is 0 Å². The number of benzene rings is 2. The van der Waals surface area contributed by atoms with Crippen molar-refractivity contribution >= 4 is 5.97 Å². The summed E-state index contributed by atoms with van der Waals surface area (Å²) in [6.45, 7) is 2.46. The van der Waals surface area contributed by atoms with Crippen molar-refractivity contribution in [3.63, 3.8) is 0 Å². The monoisotopic (exact) mass is 326 g/mol. The lowest BCUT2D eigenvalue weighted by molar-refractivity contribution is 0.0690. The van der Waals surface area contributed by atoms with Gasteiger partial charge in [0.1, 0.15) is 11.6 Å². The Kier molecular flexibility index (Phi) is 4.29. The lowest BCUT2D eigenvalue weighted by Gasteiger charge is -2.09. The number of rotatable bonds is 5. The molecule has 1 heterocycles. The number of carboxylic acid groups (broad SMARTS) is 1. The van der Waals surface area contributed by atoms with Gasteiger partial charge >= 0.3 is 5.97 Å². The molecule has 1 N–H and O–H groups in total. The maximum absolute atomic E-state index is 13.1. The second kappa shape index (κ2) is 6.54. The summed E-state index contributed by atoms with van der Waals surface area (Å²) in [7, 11) is 0. The zero-order valence-corrected chi connectivity index (χ0v) is 12.9. The van der Waals surface area contributed by atoms with Crippen LogP contribution in [0.1, 0.15) is 17.4 Å². The molecule has 24 heavy (non-hydrogen) atoms. The standard InChI is InChI=1S/C18H15FN2O3/c1-2-24-15-9-7-14(8-10-15)21-17(11-16(20-21)18(22)23)12-3-5-13(19)6-4-12/h3-11H,2H2,1H3,(H,22,23). The highest BCUT2D eigenvalue weighted by atomic mass is 19.1. The summed E-state index contributed by atoms with van der Waals surface area (Å²) in [6.07, 6.45) is 0. The van der Waals surface area contributed by atoms with Gasteiger partial charge in [-0.3, -0.25) is 0 Å². The van der Waals surface area contributed by atoms with Gasteiger partial charge in [0.25, 0.3) is 0 Å². The number of carboxylic acids is 1. The van der Waals surface area contributed by atoms with Gasteiger partial charge in [0.05, 0.1) is 18.0 Å². The van der Waals surface area contributed by atoms with Gasteiger partial charge in [-0.25, -0.2) is 13.9 Å². The van der Waals surface area contributed by atoms with E-state index in [1.165, 1.54) is 22.9 Å². The smallest absolute Gasteiger partial charge is 0.356 e. The second-order valence-corrected chi connectivity index (χ2v) is 5.07. The molecule has 6 heteroatoms. The van der Waals surface area contributed by atoms with Crippen LogP contribution < -0.4 is 4.74 Å². The van der Waals surface area contributed by atoms with Gasteiger partial charge in [-0.05, 0) is 61.5 Å². The number of halogens is 1. The third-order valence-electron chi connectivity index (χ3n) is 3.46. The van der Waals surface area contributed by atoms with Crippen LogP contribution in [-0.2, 0) is 0 Å². The fourth-order valence-corrected chi connectivity index (χ4v) is 2.36. The van der Waals surface area contributed by atoms with Crippen molar-refractivity contribution in [2.24, 2.45) is 0 Å². The number of hydrogen-bond donors (Lipinski definition) is 1. The van der Waals surface area contributed by atoms with E-state index in [1.54, 1.807) is 36.4 Å². The van der Waals surface area contributed by atoms with Crippen molar-refractivity contribution in [1.82, 2.24) is 9.78 Å². The first-order valence-electron chi connectivity index (χ1n) is 7.41. The van der Waals surface area contributed by atoms with Gasteiger partial charge in [0, 0.05) is 5.56 Å². The summed E-state index contributed by atoms with van der Waals surface area (Å²) in [4.78, 5) is 11.3. The van der Waals surface area contributed by atoms with Crippen LogP contribution in [0.5, 0.6) is 5.75 Å². The van der Waals surface area contributed by atoms with E-state index in [9.17, 15) is 14.3 Å². The average molecular weight is 326 g/mol. The lowest BCUT2D eigenvalue weighted by atomic mass is 10.1. The number of nitrogens with zero attached hydrogens (tertiary/aromatic N) is 2. The van der Waals surface area contributed by atoms with Gasteiger partial charge in [-0.2, -0.15) is 5.10 Å². The van der Waals surface area contributed by atoms with E-state index in [4.69, 9.17) is 4.74 Å². The van der Waals surface area contributed by atoms with Gasteiger partial charge in [0.15, 0.2) is 5.69 Å². The molecule has 3 rings (SSSR count). The fraction of sp³-hybridized carbons (Fsp3) is 0.111. The molecule has 0 amide bonds. The summed E-state index contributed by atoms with van der Waals surface area (Å²) in [6, 6.07) is 14.4. The van der Waals surface area contributed by atoms with Crippen LogP contribution in [0.4, 0.5) is 4.39 Å². The molecule has 0 radical (unpaired) electrons. The van der Waals surface area contributed by atoms with E-state index < -0.39 is 5.97 Å². The first kappa shape index (κ1) is 15.7. The zero-order chi connectivity index (χ0) is 17.1. The van der Waals surface area contributed by atoms with Crippen LogP contribution in [0.2, 0.25) is 0 Å². The van der Waals surface area contributed by atoms with E-state index >= 15 is 0 Å². The quantitative estimate of drug-likeness (QED) is 0.775. The number of hydrogen-bond acceptors (Lipinski definition) is 3. The Bertz CT molecular complexity index is 855. The molecular formula is C18H15FN2O3. The normalized spacial score (nSPS) is 10.6. The average Bonchev–Trinajstić information content (AvgIpc) is 3.02. The maximum atomic E-state index is 13.1. The zero-order valence-electron chi connectivity index (χ0n) is 12.9. The number of aromatic nitrogens is 2. The highest BCUT2D eigenvalue weighted by Crippen LogP contribution is 2.25. The van der Waals surface area contributed by atoms with Gasteiger partial charge in [-0.15, -0.1) is 0 Å². The molecule has 0 saturated heterocycles. The van der Waals surface area contributed by atoms with Gasteiger partial charge in [0.2, 0.25) is 0 Å². The van der Waals surface area contributed by atoms with Crippen LogP contribution in [0.15, 0.2) is 54.6 Å². The molecule has 0 unspecified atom stereocenters. The Hall–Kier alpha value is -3.15. The second-order valence-electron chi connectivity index (χ2n) is 5.07. The molecule has 0 aliphatic rings. The summed E-state index contributed by atoms with van der Waals surface area (Å²) >= 11 is 0. The fourth-order valence-electron chi connectivity index (χ4n) is 2.36. The number of ether oxygens (including phenoxy) is 1. The highest BCUT2D eigenvalue weighted by Gasteiger charge is 2.16. The molecule has 0 aliphatic carbocycles. The minimum Gasteiger partial charge on any atom is -0.494 e. The van der Waals surface area contributed by atoms with Crippen molar-refractivity contribution in [2.45, 2.75) is 6.92 Å². The van der Waals surface area contributed by atoms with E-state index in [2.05, 4.69) is 5.10 Å². The Morgan fingerprint density at radius 3 is 2.42 bits per heavy atom. The molecule has 3 aromatic rings. The molecule has 0 aliphatic heterocycles. The molecule has 1 aromatic heterocycles. The third kappa shape index (κ3) is 3.12. The molecule has 2 aromatic carbocycles. The molecule has 0 fully saturated rings. The Labute approximate surface area is 137 Å². The molecular weight excluding hydrogens is 311 g/mol. The minimum atomic E-state index is -1.12. The van der Waals surface area contributed by atoms with Crippen molar-refractivity contribution in [3.8, 4) is 22.7 Å². The molecule has 5 nitrogen and oxygen atoms in total. The summed E-state index contributed by atoms with van der Waals surface area (Å²) < 4.78 is 20.1. The maximum Gasteiger partial charge on any atom is 0.356 e. The third-order valence-corrected chi connectivity index (χ3v) is 3.46. The first-order valence-corrected chi connectivity index (χ1v) is 7.41. The predicted octanol–water partition coefficient (Wildman–Crippen LogP) is 3.78. The molecule has 122 valence electrons. The van der Waals surface area contributed by atoms with Crippen LogP contribution in [-0.4, -0.2) is 27.5 Å². The Morgan fingerprint density at radius 2 is 1.83 bits per heavy atom. The topological polar surface area (TPSA) is 64.4 Å². The summed E-state index contributed by atoms with van der Waals surface area (Å²) in [5.41, 5.74) is 1.84. The summed E-state index contributed by atoms with van der Waals surface area (Å²) in [5.74, 6) is -0.761. The first-order chi connectivity index (χ1) is 11.6. The van der Waals surface area contributed by atoms with E-state index in [-0.39, 0.29) is 11.5 Å². The lowest BCUT2D eigenvalue weighted by Crippen LogP contribution is -2.02. The largest absolute Gasteiger partial charge is 0.494 e. The minimum absolute atomic E-state index is 0.0804. The predicted molar refractivity (Wildman–Crippen MR) is 87.1 cm³/mol. The van der Waals surface area contributed by atoms with Crippen LogP contribution in [0, 0.1) is 5.82 Å². The van der Waals surface area contributed by atoms with Crippen molar-refractivity contribution in [1.29, 1.82) is 0 Å². The highest BCUT2D eigenvalue weighted by molar-refractivity contribution is 5.87. The van der Waals surface area contributed by atoms with E-state index in [1.807, 2.05) is 6.92 Å². The number of carbonyl (C=O) groups is 1.